The highest BCUT2D eigenvalue weighted by molar-refractivity contribution is 6.70. The molecule has 1 saturated heterocycles. The maximum absolute atomic E-state index is 6.68. The van der Waals surface area contributed by atoms with Gasteiger partial charge in [-0.1, -0.05) is 11.6 Å². The molecule has 2 N–H and O–H groups in total. The Labute approximate surface area is 198 Å². The second kappa shape index (κ2) is 9.06. The van der Waals surface area contributed by atoms with Gasteiger partial charge >= 0.3 is 0 Å². The van der Waals surface area contributed by atoms with E-state index < -0.39 is 31.2 Å². The molecule has 0 spiro atoms. The van der Waals surface area contributed by atoms with Crippen molar-refractivity contribution in [3.8, 4) is 0 Å². The minimum Gasteiger partial charge on any atom is -0.415 e. The molecule has 1 aliphatic heterocycles. The molecule has 1 fully saturated rings. The summed E-state index contributed by atoms with van der Waals surface area (Å²) >= 11 is 6.26. The van der Waals surface area contributed by atoms with Crippen molar-refractivity contribution in [2.75, 3.05) is 12.3 Å². The molecule has 1 aliphatic rings. The van der Waals surface area contributed by atoms with Crippen LogP contribution >= 0.6 is 11.6 Å². The van der Waals surface area contributed by atoms with Gasteiger partial charge in [-0.05, 0) is 58.9 Å². The van der Waals surface area contributed by atoms with Crippen molar-refractivity contribution in [1.29, 1.82) is 0 Å². The zero-order valence-corrected chi connectivity index (χ0v) is 24.2. The largest absolute Gasteiger partial charge is 0.415 e. The molecule has 180 valence electrons. The third-order valence-corrected chi connectivity index (χ3v) is 7.87. The average Bonchev–Trinajstić information content (AvgIpc) is 3.12. The lowest BCUT2D eigenvalue weighted by molar-refractivity contribution is -0.0456. The third kappa shape index (κ3) is 6.38. The molecule has 0 aliphatic carbocycles. The van der Waals surface area contributed by atoms with Gasteiger partial charge in [0.05, 0.1) is 12.9 Å². The van der Waals surface area contributed by atoms with Crippen molar-refractivity contribution in [3.63, 3.8) is 0 Å². The van der Waals surface area contributed by atoms with E-state index in [0.717, 1.165) is 0 Å². The summed E-state index contributed by atoms with van der Waals surface area (Å²) < 4.78 is 28.0. The predicted molar refractivity (Wildman–Crippen MR) is 134 cm³/mol. The summed E-state index contributed by atoms with van der Waals surface area (Å²) in [5, 5.41) is 0.209. The van der Waals surface area contributed by atoms with Crippen LogP contribution in [0.4, 0.5) is 5.95 Å². The Bertz CT molecular complexity index is 957. The number of imidazole rings is 1. The first kappa shape index (κ1) is 25.7. The van der Waals surface area contributed by atoms with Gasteiger partial charge in [-0.15, -0.1) is 0 Å². The first-order valence-corrected chi connectivity index (χ1v) is 21.4. The second-order valence-electron chi connectivity index (χ2n) is 11.1. The number of hydrogen-bond donors (Lipinski definition) is 1. The summed E-state index contributed by atoms with van der Waals surface area (Å²) in [4.78, 5) is 12.8. The fourth-order valence-electron chi connectivity index (χ4n) is 3.57. The molecule has 3 rings (SSSR count). The first-order chi connectivity index (χ1) is 14.5. The van der Waals surface area contributed by atoms with Crippen LogP contribution in [0, 0.1) is 0 Å². The van der Waals surface area contributed by atoms with E-state index in [2.05, 4.69) is 73.9 Å². The van der Waals surface area contributed by atoms with Crippen molar-refractivity contribution in [1.82, 2.24) is 19.5 Å². The number of halogens is 1. The van der Waals surface area contributed by atoms with Gasteiger partial charge in [0.25, 0.3) is 0 Å². The van der Waals surface area contributed by atoms with Crippen molar-refractivity contribution >= 4 is 53.7 Å². The maximum atomic E-state index is 6.68. The third-order valence-electron chi connectivity index (χ3n) is 4.62. The van der Waals surface area contributed by atoms with Gasteiger partial charge in [-0.3, -0.25) is 4.57 Å². The lowest BCUT2D eigenvalue weighted by Gasteiger charge is -2.34. The summed E-state index contributed by atoms with van der Waals surface area (Å²) in [5.74, 6) is 0.0819. The number of aromatic nitrogens is 4. The fourth-order valence-corrected chi connectivity index (χ4v) is 6.62. The number of ether oxygens (including phenoxy) is 1. The average molecular weight is 518 g/mol. The second-order valence-corrected chi connectivity index (χ2v) is 24.9. The van der Waals surface area contributed by atoms with Gasteiger partial charge in [0.1, 0.15) is 23.8 Å². The molecule has 9 nitrogen and oxygen atoms in total. The number of nitrogens with two attached hydrogens (primary N) is 1. The minimum atomic E-state index is -1.97. The molecule has 0 unspecified atom stereocenters. The van der Waals surface area contributed by atoms with Gasteiger partial charge in [0.2, 0.25) is 5.95 Å². The summed E-state index contributed by atoms with van der Waals surface area (Å²) in [5.41, 5.74) is 6.86. The van der Waals surface area contributed by atoms with E-state index in [4.69, 9.17) is 35.3 Å². The van der Waals surface area contributed by atoms with Gasteiger partial charge in [0.15, 0.2) is 42.0 Å². The minimum absolute atomic E-state index is 0.0819. The molecule has 0 saturated carbocycles. The molecule has 0 bridgehead atoms. The van der Waals surface area contributed by atoms with E-state index in [1.54, 1.807) is 6.33 Å². The van der Waals surface area contributed by atoms with E-state index in [1.165, 1.54) is 0 Å². The Morgan fingerprint density at radius 2 is 1.56 bits per heavy atom. The van der Waals surface area contributed by atoms with Gasteiger partial charge < -0.3 is 23.7 Å². The fraction of sp³-hybridized carbons (Fsp3) is 0.737. The van der Waals surface area contributed by atoms with Crippen molar-refractivity contribution in [2.24, 2.45) is 0 Å². The molecule has 0 radical (unpaired) electrons. The Kier molecular flexibility index (Phi) is 7.29. The van der Waals surface area contributed by atoms with E-state index in [0.29, 0.717) is 17.8 Å². The number of fused-ring (bicyclic) bond motifs is 1. The quantitative estimate of drug-likeness (QED) is 0.409. The zero-order valence-electron chi connectivity index (χ0n) is 20.5. The van der Waals surface area contributed by atoms with Gasteiger partial charge in [0, 0.05) is 0 Å². The monoisotopic (exact) mass is 517 g/mol. The highest BCUT2D eigenvalue weighted by Gasteiger charge is 2.50. The summed E-state index contributed by atoms with van der Waals surface area (Å²) in [6, 6.07) is 0. The van der Waals surface area contributed by atoms with Crippen LogP contribution in [0.25, 0.3) is 11.2 Å². The SMILES string of the molecule is C[Si](C)(C)OC[C@H]1O[C@@H](n2cnc3c(Cl)nc(N)nc32)[C@H](O[Si](C)(C)C)[C@@H]1O[Si](C)(C)C. The molecule has 4 atom stereocenters. The Morgan fingerprint density at radius 1 is 0.969 bits per heavy atom. The van der Waals surface area contributed by atoms with Gasteiger partial charge in [-0.25, -0.2) is 4.98 Å². The number of rotatable bonds is 8. The number of anilines is 1. The van der Waals surface area contributed by atoms with Crippen LogP contribution in [0.5, 0.6) is 0 Å². The van der Waals surface area contributed by atoms with Crippen LogP contribution in [0.3, 0.4) is 0 Å². The lowest BCUT2D eigenvalue weighted by Crippen LogP contribution is -2.48. The summed E-state index contributed by atoms with van der Waals surface area (Å²) in [6.45, 7) is 19.9. The highest BCUT2D eigenvalue weighted by Crippen LogP contribution is 2.39. The Morgan fingerprint density at radius 3 is 2.12 bits per heavy atom. The molecule has 3 heterocycles. The standard InChI is InChI=1S/C19H36ClN5O4Si3/c1-30(2,3)26-10-12-14(28-31(4,5)6)15(29-32(7,8)9)18(27-12)25-11-22-13-16(20)23-19(21)24-17(13)25/h11-12,14-15,18H,10H2,1-9H3,(H2,21,23,24)/t12-,14-,15-,18-/m1/s1. The summed E-state index contributed by atoms with van der Waals surface area (Å²) in [6.07, 6.45) is 0.238. The van der Waals surface area contributed by atoms with E-state index >= 15 is 0 Å². The molecular weight excluding hydrogens is 482 g/mol. The van der Waals surface area contributed by atoms with Crippen LogP contribution in [-0.4, -0.2) is 69.4 Å². The van der Waals surface area contributed by atoms with Crippen LogP contribution in [0.2, 0.25) is 64.1 Å². The number of nitrogens with zero attached hydrogens (tertiary/aromatic N) is 4. The molecule has 0 aromatic carbocycles. The molecule has 13 heteroatoms. The summed E-state index contributed by atoms with van der Waals surface area (Å²) in [7, 11) is -5.65. The molecular formula is C19H36ClN5O4Si3. The maximum Gasteiger partial charge on any atom is 0.223 e. The zero-order chi connectivity index (χ0) is 24.1. The van der Waals surface area contributed by atoms with Crippen LogP contribution < -0.4 is 5.73 Å². The number of nitrogen functional groups attached to an aromatic ring is 1. The van der Waals surface area contributed by atoms with Crippen LogP contribution in [0.1, 0.15) is 6.23 Å². The lowest BCUT2D eigenvalue weighted by atomic mass is 10.1. The smallest absolute Gasteiger partial charge is 0.223 e. The molecule has 2 aromatic heterocycles. The van der Waals surface area contributed by atoms with Crippen molar-refractivity contribution in [2.45, 2.75) is 83.5 Å². The van der Waals surface area contributed by atoms with Gasteiger partial charge in [-0.2, -0.15) is 9.97 Å². The van der Waals surface area contributed by atoms with E-state index in [9.17, 15) is 0 Å². The first-order valence-electron chi connectivity index (χ1n) is 10.8. The van der Waals surface area contributed by atoms with E-state index in [1.807, 2.05) is 4.57 Å². The topological polar surface area (TPSA) is 107 Å². The van der Waals surface area contributed by atoms with Crippen molar-refractivity contribution in [3.05, 3.63) is 11.5 Å². The Balaban J connectivity index is 2.06. The molecule has 32 heavy (non-hydrogen) atoms. The van der Waals surface area contributed by atoms with Crippen LogP contribution in [-0.2, 0) is 18.0 Å². The Hall–Kier alpha value is -0.869. The van der Waals surface area contributed by atoms with Crippen LogP contribution in [0.15, 0.2) is 6.33 Å². The normalized spacial score (nSPS) is 25.1. The predicted octanol–water partition coefficient (Wildman–Crippen LogP) is 4.25. The van der Waals surface area contributed by atoms with E-state index in [-0.39, 0.29) is 29.4 Å². The highest BCUT2D eigenvalue weighted by atomic mass is 35.5. The molecule has 0 amide bonds. The molecule has 2 aromatic rings. The number of hydrogen-bond acceptors (Lipinski definition) is 8. The van der Waals surface area contributed by atoms with Crippen molar-refractivity contribution < 1.29 is 18.0 Å².